The third-order valence-electron chi connectivity index (χ3n) is 2.21. The lowest BCUT2D eigenvalue weighted by Gasteiger charge is -2.08. The molecule has 0 unspecified atom stereocenters. The molecule has 0 aliphatic heterocycles. The molecule has 0 atom stereocenters. The average molecular weight is 287 g/mol. The molecule has 6 heteroatoms. The molecule has 0 aromatic heterocycles. The van der Waals surface area contributed by atoms with Gasteiger partial charge in [-0.2, -0.15) is 0 Å². The molecular weight excluding hydrogens is 272 g/mol. The first-order valence-corrected chi connectivity index (χ1v) is 6.38. The van der Waals surface area contributed by atoms with Crippen LogP contribution in [0.25, 0.3) is 0 Å². The number of carbonyl (C=O) groups is 2. The first kappa shape index (κ1) is 15.3. The van der Waals surface area contributed by atoms with Crippen LogP contribution < -0.4 is 4.74 Å². The molecule has 0 saturated carbocycles. The molecule has 0 amide bonds. The van der Waals surface area contributed by atoms with E-state index in [-0.39, 0.29) is 30.1 Å². The molecule has 0 fully saturated rings. The van der Waals surface area contributed by atoms with Gasteiger partial charge in [0.05, 0.1) is 12.2 Å². The fourth-order valence-electron chi connectivity index (χ4n) is 1.32. The van der Waals surface area contributed by atoms with E-state index in [9.17, 15) is 14.7 Å². The molecule has 1 aromatic rings. The molecule has 0 aliphatic carbocycles. The second-order valence-electron chi connectivity index (χ2n) is 3.67. The Labute approximate surface area is 116 Å². The summed E-state index contributed by atoms with van der Waals surface area (Å²) < 4.78 is 9.78. The zero-order valence-corrected chi connectivity index (χ0v) is 11.3. The van der Waals surface area contributed by atoms with Crippen LogP contribution in [0.2, 0.25) is 0 Å². The Morgan fingerprint density at radius 2 is 2.11 bits per heavy atom. The first-order chi connectivity index (χ1) is 9.08. The maximum Gasteiger partial charge on any atom is 0.338 e. The summed E-state index contributed by atoms with van der Waals surface area (Å²) in [5.74, 6) is -0.987. The SMILES string of the molecule is CCOC(=O)c1ccc(O)c(OC(=O)CCCCl)c1. The lowest BCUT2D eigenvalue weighted by Crippen LogP contribution is -2.09. The van der Waals surface area contributed by atoms with Crippen molar-refractivity contribution >= 4 is 23.5 Å². The van der Waals surface area contributed by atoms with E-state index in [1.807, 2.05) is 0 Å². The highest BCUT2D eigenvalue weighted by molar-refractivity contribution is 6.17. The quantitative estimate of drug-likeness (QED) is 0.494. The van der Waals surface area contributed by atoms with Gasteiger partial charge in [0.2, 0.25) is 0 Å². The van der Waals surface area contributed by atoms with Gasteiger partial charge in [-0.15, -0.1) is 11.6 Å². The third-order valence-corrected chi connectivity index (χ3v) is 2.48. The van der Waals surface area contributed by atoms with Crippen molar-refractivity contribution in [3.05, 3.63) is 23.8 Å². The number of rotatable bonds is 6. The number of hydrogen-bond donors (Lipinski definition) is 1. The van der Waals surface area contributed by atoms with Gasteiger partial charge in [-0.3, -0.25) is 4.79 Å². The normalized spacial score (nSPS) is 10.0. The number of phenols is 1. The lowest BCUT2D eigenvalue weighted by molar-refractivity contribution is -0.134. The lowest BCUT2D eigenvalue weighted by atomic mass is 10.2. The minimum atomic E-state index is -0.541. The molecule has 0 aliphatic rings. The van der Waals surface area contributed by atoms with Crippen molar-refractivity contribution in [2.45, 2.75) is 19.8 Å². The third kappa shape index (κ3) is 4.79. The van der Waals surface area contributed by atoms with Gasteiger partial charge in [0.15, 0.2) is 11.5 Å². The monoisotopic (exact) mass is 286 g/mol. The zero-order chi connectivity index (χ0) is 14.3. The van der Waals surface area contributed by atoms with Gasteiger partial charge in [-0.25, -0.2) is 4.79 Å². The van der Waals surface area contributed by atoms with E-state index in [0.29, 0.717) is 12.3 Å². The van der Waals surface area contributed by atoms with Gasteiger partial charge >= 0.3 is 11.9 Å². The van der Waals surface area contributed by atoms with Crippen molar-refractivity contribution in [3.63, 3.8) is 0 Å². The Kier molecular flexibility index (Phi) is 6.15. The number of alkyl halides is 1. The predicted molar refractivity (Wildman–Crippen MR) is 69.7 cm³/mol. The van der Waals surface area contributed by atoms with E-state index in [0.717, 1.165) is 0 Å². The second-order valence-corrected chi connectivity index (χ2v) is 4.05. The van der Waals surface area contributed by atoms with Crippen molar-refractivity contribution in [2.24, 2.45) is 0 Å². The minimum absolute atomic E-state index is 0.0647. The van der Waals surface area contributed by atoms with E-state index in [2.05, 4.69) is 0 Å². The molecule has 1 aromatic carbocycles. The smallest absolute Gasteiger partial charge is 0.338 e. The Hall–Kier alpha value is -1.75. The molecule has 5 nitrogen and oxygen atoms in total. The highest BCUT2D eigenvalue weighted by atomic mass is 35.5. The summed E-state index contributed by atoms with van der Waals surface area (Å²) >= 11 is 5.46. The van der Waals surface area contributed by atoms with Crippen LogP contribution in [0.3, 0.4) is 0 Å². The Morgan fingerprint density at radius 1 is 1.37 bits per heavy atom. The van der Waals surface area contributed by atoms with Gasteiger partial charge < -0.3 is 14.6 Å². The van der Waals surface area contributed by atoms with Crippen molar-refractivity contribution in [3.8, 4) is 11.5 Å². The van der Waals surface area contributed by atoms with E-state index in [4.69, 9.17) is 21.1 Å². The van der Waals surface area contributed by atoms with Crippen LogP contribution in [0, 0.1) is 0 Å². The van der Waals surface area contributed by atoms with Crippen molar-refractivity contribution < 1.29 is 24.2 Å². The molecular formula is C13H15ClO5. The van der Waals surface area contributed by atoms with Gasteiger partial charge in [-0.1, -0.05) is 0 Å². The van der Waals surface area contributed by atoms with Gasteiger partial charge in [0.1, 0.15) is 0 Å². The van der Waals surface area contributed by atoms with Crippen molar-refractivity contribution in [1.82, 2.24) is 0 Å². The Morgan fingerprint density at radius 3 is 2.74 bits per heavy atom. The van der Waals surface area contributed by atoms with Crippen LogP contribution in [0.15, 0.2) is 18.2 Å². The predicted octanol–water partition coefficient (Wildman–Crippen LogP) is 2.49. The summed E-state index contributed by atoms with van der Waals surface area (Å²) in [6.07, 6.45) is 0.630. The molecule has 0 bridgehead atoms. The highest BCUT2D eigenvalue weighted by Crippen LogP contribution is 2.27. The number of esters is 2. The van der Waals surface area contributed by atoms with Gasteiger partial charge in [0, 0.05) is 12.3 Å². The second kappa shape index (κ2) is 7.63. The highest BCUT2D eigenvalue weighted by Gasteiger charge is 2.13. The van der Waals surface area contributed by atoms with Gasteiger partial charge in [-0.05, 0) is 31.5 Å². The number of aromatic hydroxyl groups is 1. The van der Waals surface area contributed by atoms with Crippen molar-refractivity contribution in [2.75, 3.05) is 12.5 Å². The van der Waals surface area contributed by atoms with E-state index >= 15 is 0 Å². The molecule has 1 rings (SSSR count). The summed E-state index contributed by atoms with van der Waals surface area (Å²) in [4.78, 5) is 22.9. The molecule has 0 spiro atoms. The summed E-state index contributed by atoms with van der Waals surface area (Å²) in [6.45, 7) is 1.93. The summed E-state index contributed by atoms with van der Waals surface area (Å²) in [5.41, 5.74) is 0.208. The van der Waals surface area contributed by atoms with E-state index < -0.39 is 11.9 Å². The number of phenolic OH excluding ortho intramolecular Hbond substituents is 1. The Bertz CT molecular complexity index is 458. The van der Waals surface area contributed by atoms with Crippen molar-refractivity contribution in [1.29, 1.82) is 0 Å². The summed E-state index contributed by atoms with van der Waals surface area (Å²) in [5, 5.41) is 9.57. The first-order valence-electron chi connectivity index (χ1n) is 5.85. The number of hydrogen-bond acceptors (Lipinski definition) is 5. The largest absolute Gasteiger partial charge is 0.504 e. The summed E-state index contributed by atoms with van der Waals surface area (Å²) in [6, 6.07) is 3.94. The topological polar surface area (TPSA) is 72.8 Å². The Balaban J connectivity index is 2.79. The molecule has 19 heavy (non-hydrogen) atoms. The van der Waals surface area contributed by atoms with E-state index in [1.165, 1.54) is 18.2 Å². The maximum absolute atomic E-state index is 11.5. The van der Waals surface area contributed by atoms with Crippen LogP contribution >= 0.6 is 11.6 Å². The molecule has 0 heterocycles. The van der Waals surface area contributed by atoms with Crippen LogP contribution in [-0.4, -0.2) is 29.5 Å². The molecule has 0 radical (unpaired) electrons. The van der Waals surface area contributed by atoms with Crippen LogP contribution in [0.1, 0.15) is 30.1 Å². The standard InChI is InChI=1S/C13H15ClO5/c1-2-18-13(17)9-5-6-10(15)11(8-9)19-12(16)4-3-7-14/h5-6,8,15H,2-4,7H2,1H3. The number of benzene rings is 1. The molecule has 0 saturated heterocycles. The van der Waals surface area contributed by atoms with Gasteiger partial charge in [0.25, 0.3) is 0 Å². The average Bonchev–Trinajstić information content (AvgIpc) is 2.39. The fraction of sp³-hybridized carbons (Fsp3) is 0.385. The number of carbonyl (C=O) groups excluding carboxylic acids is 2. The van der Waals surface area contributed by atoms with Crippen LogP contribution in [0.5, 0.6) is 11.5 Å². The maximum atomic E-state index is 11.5. The number of ether oxygens (including phenoxy) is 2. The minimum Gasteiger partial charge on any atom is -0.504 e. The summed E-state index contributed by atoms with van der Waals surface area (Å²) in [7, 11) is 0. The van der Waals surface area contributed by atoms with Crippen LogP contribution in [-0.2, 0) is 9.53 Å². The van der Waals surface area contributed by atoms with E-state index in [1.54, 1.807) is 6.92 Å². The number of halogens is 1. The molecule has 1 N–H and O–H groups in total. The van der Waals surface area contributed by atoms with Crippen LogP contribution in [0.4, 0.5) is 0 Å². The zero-order valence-electron chi connectivity index (χ0n) is 10.5. The fourth-order valence-corrected chi connectivity index (χ4v) is 1.46. The molecule has 104 valence electrons.